The van der Waals surface area contributed by atoms with Gasteiger partial charge in [0.25, 0.3) is 0 Å². The normalized spacial score (nSPS) is 10.2. The zero-order chi connectivity index (χ0) is 13.3. The summed E-state index contributed by atoms with van der Waals surface area (Å²) in [5, 5.41) is 3.37. The fourth-order valence-corrected chi connectivity index (χ4v) is 2.13. The van der Waals surface area contributed by atoms with Gasteiger partial charge < -0.3 is 10.1 Å². The molecule has 19 heavy (non-hydrogen) atoms. The first-order valence-corrected chi connectivity index (χ1v) is 7.67. The SMILES string of the molecule is CSc1ccc(OCCCNc2ccccc2)cc1. The van der Waals surface area contributed by atoms with Crippen LogP contribution in [0.5, 0.6) is 5.75 Å². The van der Waals surface area contributed by atoms with E-state index >= 15 is 0 Å². The van der Waals surface area contributed by atoms with E-state index in [1.165, 1.54) is 4.90 Å². The Morgan fingerprint density at radius 1 is 1.00 bits per heavy atom. The number of hydrogen-bond acceptors (Lipinski definition) is 3. The monoisotopic (exact) mass is 273 g/mol. The molecule has 3 heteroatoms. The second-order valence-electron chi connectivity index (χ2n) is 4.17. The van der Waals surface area contributed by atoms with Crippen molar-refractivity contribution >= 4 is 17.4 Å². The Balaban J connectivity index is 1.63. The standard InChI is InChI=1S/C16H19NOS/c1-19-16-10-8-15(9-11-16)18-13-5-12-17-14-6-3-2-4-7-14/h2-4,6-11,17H,5,12-13H2,1H3. The van der Waals surface area contributed by atoms with Crippen molar-refractivity contribution in [3.05, 3.63) is 54.6 Å². The number of rotatable bonds is 7. The molecule has 0 amide bonds. The molecule has 0 unspecified atom stereocenters. The molecule has 0 aliphatic carbocycles. The van der Waals surface area contributed by atoms with Gasteiger partial charge in [-0.3, -0.25) is 0 Å². The van der Waals surface area contributed by atoms with Gasteiger partial charge >= 0.3 is 0 Å². The molecule has 2 aromatic carbocycles. The zero-order valence-electron chi connectivity index (χ0n) is 11.1. The molecule has 0 heterocycles. The van der Waals surface area contributed by atoms with E-state index < -0.39 is 0 Å². The first kappa shape index (κ1) is 13.8. The van der Waals surface area contributed by atoms with E-state index in [1.54, 1.807) is 11.8 Å². The van der Waals surface area contributed by atoms with E-state index in [9.17, 15) is 0 Å². The highest BCUT2D eigenvalue weighted by molar-refractivity contribution is 7.98. The molecule has 0 aromatic heterocycles. The average Bonchev–Trinajstić information content (AvgIpc) is 2.49. The summed E-state index contributed by atoms with van der Waals surface area (Å²) in [5.41, 5.74) is 1.16. The highest BCUT2D eigenvalue weighted by Gasteiger charge is 1.95. The molecule has 0 fully saturated rings. The fourth-order valence-electron chi connectivity index (χ4n) is 1.72. The number of nitrogens with one attached hydrogen (secondary N) is 1. The van der Waals surface area contributed by atoms with E-state index in [2.05, 4.69) is 35.8 Å². The Bertz CT molecular complexity index is 470. The molecule has 0 aliphatic heterocycles. The Labute approximate surface area is 119 Å². The van der Waals surface area contributed by atoms with Crippen molar-refractivity contribution in [2.75, 3.05) is 24.7 Å². The molecule has 0 aliphatic rings. The van der Waals surface area contributed by atoms with Crippen molar-refractivity contribution in [1.29, 1.82) is 0 Å². The summed E-state index contributed by atoms with van der Waals surface area (Å²) in [4.78, 5) is 1.26. The number of para-hydroxylation sites is 1. The molecule has 0 atom stereocenters. The molecule has 100 valence electrons. The molecule has 2 nitrogen and oxygen atoms in total. The Kier molecular flexibility index (Phi) is 5.63. The number of benzene rings is 2. The number of ether oxygens (including phenoxy) is 1. The van der Waals surface area contributed by atoms with Gasteiger partial charge in [-0.05, 0) is 49.1 Å². The summed E-state index contributed by atoms with van der Waals surface area (Å²) in [6.07, 6.45) is 3.06. The van der Waals surface area contributed by atoms with E-state index in [4.69, 9.17) is 4.74 Å². The number of anilines is 1. The smallest absolute Gasteiger partial charge is 0.119 e. The topological polar surface area (TPSA) is 21.3 Å². The van der Waals surface area contributed by atoms with Crippen LogP contribution in [0.25, 0.3) is 0 Å². The highest BCUT2D eigenvalue weighted by atomic mass is 32.2. The van der Waals surface area contributed by atoms with E-state index in [1.807, 2.05) is 30.3 Å². The minimum atomic E-state index is 0.735. The summed E-state index contributed by atoms with van der Waals surface area (Å²) in [5.74, 6) is 0.942. The summed E-state index contributed by atoms with van der Waals surface area (Å²) in [6, 6.07) is 18.5. The molecule has 0 bridgehead atoms. The van der Waals surface area contributed by atoms with Crippen LogP contribution in [-0.4, -0.2) is 19.4 Å². The molecule has 0 saturated heterocycles. The second kappa shape index (κ2) is 7.74. The number of hydrogen-bond donors (Lipinski definition) is 1. The third kappa shape index (κ3) is 4.87. The number of thioether (sulfide) groups is 1. The van der Waals surface area contributed by atoms with Crippen molar-refractivity contribution in [1.82, 2.24) is 0 Å². The van der Waals surface area contributed by atoms with Crippen LogP contribution in [-0.2, 0) is 0 Å². The van der Waals surface area contributed by atoms with Gasteiger partial charge in [0.2, 0.25) is 0 Å². The lowest BCUT2D eigenvalue weighted by Crippen LogP contribution is -2.07. The second-order valence-corrected chi connectivity index (χ2v) is 5.05. The lowest BCUT2D eigenvalue weighted by Gasteiger charge is -2.08. The summed E-state index contributed by atoms with van der Waals surface area (Å²) in [7, 11) is 0. The molecule has 0 spiro atoms. The highest BCUT2D eigenvalue weighted by Crippen LogP contribution is 2.18. The van der Waals surface area contributed by atoms with Crippen LogP contribution in [0.15, 0.2) is 59.5 Å². The van der Waals surface area contributed by atoms with E-state index in [0.717, 1.165) is 31.0 Å². The Morgan fingerprint density at radius 3 is 2.42 bits per heavy atom. The molecule has 2 aromatic rings. The van der Waals surface area contributed by atoms with Crippen LogP contribution >= 0.6 is 11.8 Å². The first-order chi connectivity index (χ1) is 9.38. The molecular formula is C16H19NOS. The molecule has 0 saturated carbocycles. The third-order valence-corrected chi connectivity index (χ3v) is 3.50. The van der Waals surface area contributed by atoms with Gasteiger partial charge in [0, 0.05) is 17.1 Å². The maximum Gasteiger partial charge on any atom is 0.119 e. The van der Waals surface area contributed by atoms with Gasteiger partial charge in [0.1, 0.15) is 5.75 Å². The van der Waals surface area contributed by atoms with Gasteiger partial charge in [-0.25, -0.2) is 0 Å². The third-order valence-electron chi connectivity index (χ3n) is 2.75. The van der Waals surface area contributed by atoms with E-state index in [0.29, 0.717) is 0 Å². The Hall–Kier alpha value is -1.61. The van der Waals surface area contributed by atoms with Crippen LogP contribution in [0.2, 0.25) is 0 Å². The van der Waals surface area contributed by atoms with Crippen LogP contribution in [0.1, 0.15) is 6.42 Å². The van der Waals surface area contributed by atoms with Crippen molar-refractivity contribution in [2.45, 2.75) is 11.3 Å². The zero-order valence-corrected chi connectivity index (χ0v) is 12.0. The summed E-state index contributed by atoms with van der Waals surface area (Å²) >= 11 is 1.74. The summed E-state index contributed by atoms with van der Waals surface area (Å²) in [6.45, 7) is 1.66. The van der Waals surface area contributed by atoms with Crippen LogP contribution in [0.3, 0.4) is 0 Å². The van der Waals surface area contributed by atoms with Crippen molar-refractivity contribution in [3.8, 4) is 5.75 Å². The van der Waals surface area contributed by atoms with Gasteiger partial charge in [-0.2, -0.15) is 0 Å². The molecule has 0 radical (unpaired) electrons. The lowest BCUT2D eigenvalue weighted by molar-refractivity contribution is 0.315. The molecule has 1 N–H and O–H groups in total. The molecular weight excluding hydrogens is 254 g/mol. The van der Waals surface area contributed by atoms with Gasteiger partial charge in [0.05, 0.1) is 6.61 Å². The van der Waals surface area contributed by atoms with Gasteiger partial charge in [-0.1, -0.05) is 18.2 Å². The quantitative estimate of drug-likeness (QED) is 0.600. The fraction of sp³-hybridized carbons (Fsp3) is 0.250. The van der Waals surface area contributed by atoms with Crippen LogP contribution < -0.4 is 10.1 Å². The predicted molar refractivity (Wildman–Crippen MR) is 83.3 cm³/mol. The first-order valence-electron chi connectivity index (χ1n) is 6.44. The van der Waals surface area contributed by atoms with Crippen LogP contribution in [0.4, 0.5) is 5.69 Å². The minimum Gasteiger partial charge on any atom is -0.494 e. The maximum atomic E-state index is 5.69. The van der Waals surface area contributed by atoms with Crippen molar-refractivity contribution in [3.63, 3.8) is 0 Å². The Morgan fingerprint density at radius 2 is 1.74 bits per heavy atom. The van der Waals surface area contributed by atoms with Gasteiger partial charge in [-0.15, -0.1) is 11.8 Å². The van der Waals surface area contributed by atoms with Gasteiger partial charge in [0.15, 0.2) is 0 Å². The maximum absolute atomic E-state index is 5.69. The van der Waals surface area contributed by atoms with Crippen molar-refractivity contribution < 1.29 is 4.74 Å². The van der Waals surface area contributed by atoms with E-state index in [-0.39, 0.29) is 0 Å². The average molecular weight is 273 g/mol. The lowest BCUT2D eigenvalue weighted by atomic mass is 10.3. The summed E-state index contributed by atoms with van der Waals surface area (Å²) < 4.78 is 5.69. The largest absolute Gasteiger partial charge is 0.494 e. The molecule has 2 rings (SSSR count). The van der Waals surface area contributed by atoms with Crippen LogP contribution in [0, 0.1) is 0 Å². The minimum absolute atomic E-state index is 0.735. The van der Waals surface area contributed by atoms with Crippen molar-refractivity contribution in [2.24, 2.45) is 0 Å². The predicted octanol–water partition coefficient (Wildman–Crippen LogP) is 4.29.